The first-order valence-electron chi connectivity index (χ1n) is 8.43. The van der Waals surface area contributed by atoms with Crippen molar-refractivity contribution in [3.63, 3.8) is 0 Å². The second kappa shape index (κ2) is 8.90. The summed E-state index contributed by atoms with van der Waals surface area (Å²) in [5.74, 6) is 0.144. The number of ketones is 1. The third kappa shape index (κ3) is 5.10. The van der Waals surface area contributed by atoms with Gasteiger partial charge in [-0.25, -0.2) is 0 Å². The quantitative estimate of drug-likeness (QED) is 0.564. The first-order chi connectivity index (χ1) is 12.3. The normalized spacial score (nSPS) is 11.8. The van der Waals surface area contributed by atoms with Crippen LogP contribution in [0, 0.1) is 0 Å². The zero-order valence-electron chi connectivity index (χ0n) is 14.0. The maximum Gasteiger partial charge on any atom is 0.163 e. The Morgan fingerprint density at radius 1 is 0.880 bits per heavy atom. The molecule has 0 N–H and O–H groups in total. The van der Waals surface area contributed by atoms with Gasteiger partial charge in [-0.3, -0.25) is 9.78 Å². The first-order valence-corrected chi connectivity index (χ1v) is 8.43. The molecule has 25 heavy (non-hydrogen) atoms. The summed E-state index contributed by atoms with van der Waals surface area (Å²) >= 11 is 0. The number of carbonyl (C=O) groups is 1. The van der Waals surface area contributed by atoms with Gasteiger partial charge in [0, 0.05) is 30.3 Å². The Morgan fingerprint density at radius 2 is 1.52 bits per heavy atom. The van der Waals surface area contributed by atoms with Crippen LogP contribution in [0.1, 0.15) is 33.8 Å². The Balaban J connectivity index is 1.66. The van der Waals surface area contributed by atoms with E-state index in [0.29, 0.717) is 19.6 Å². The Morgan fingerprint density at radius 3 is 2.20 bits per heavy atom. The van der Waals surface area contributed by atoms with Gasteiger partial charge in [0.05, 0.1) is 13.2 Å². The first kappa shape index (κ1) is 17.1. The third-order valence-electron chi connectivity index (χ3n) is 4.14. The highest BCUT2D eigenvalue weighted by atomic mass is 16.5. The molecule has 0 saturated carbocycles. The largest absolute Gasteiger partial charge is 0.376 e. The van der Waals surface area contributed by atoms with Gasteiger partial charge in [-0.2, -0.15) is 0 Å². The molecule has 2 aromatic carbocycles. The molecule has 0 aliphatic rings. The molecule has 0 bridgehead atoms. The lowest BCUT2D eigenvalue weighted by atomic mass is 9.93. The van der Waals surface area contributed by atoms with Crippen LogP contribution in [0.2, 0.25) is 0 Å². The Hall–Kier alpha value is -2.78. The fourth-order valence-electron chi connectivity index (χ4n) is 2.77. The van der Waals surface area contributed by atoms with E-state index in [9.17, 15) is 4.79 Å². The summed E-state index contributed by atoms with van der Waals surface area (Å²) in [5.41, 5.74) is 2.95. The fraction of sp³-hybridized carbons (Fsp3) is 0.182. The summed E-state index contributed by atoms with van der Waals surface area (Å²) in [6, 6.07) is 23.4. The molecule has 0 fully saturated rings. The van der Waals surface area contributed by atoms with Crippen LogP contribution in [0.5, 0.6) is 0 Å². The zero-order valence-corrected chi connectivity index (χ0v) is 14.0. The standard InChI is InChI=1S/C22H21NO2/c24-22(20-9-5-2-6-10-20)15-21(19-11-13-23-14-12-19)17-25-16-18-7-3-1-4-8-18/h1-14,21H,15-17H2/t21-/m1/s1. The SMILES string of the molecule is O=C(C[C@H](COCc1ccccc1)c1ccncc1)c1ccccc1. The lowest BCUT2D eigenvalue weighted by Crippen LogP contribution is -2.13. The van der Waals surface area contributed by atoms with Crippen LogP contribution < -0.4 is 0 Å². The van der Waals surface area contributed by atoms with Crippen molar-refractivity contribution in [3.05, 3.63) is 102 Å². The zero-order chi connectivity index (χ0) is 17.3. The molecule has 1 aromatic heterocycles. The number of carbonyl (C=O) groups excluding carboxylic acids is 1. The van der Waals surface area contributed by atoms with E-state index in [4.69, 9.17) is 4.74 Å². The van der Waals surface area contributed by atoms with E-state index in [0.717, 1.165) is 16.7 Å². The molecular formula is C22H21NO2. The predicted octanol–water partition coefficient (Wildman–Crippen LogP) is 4.66. The second-order valence-electron chi connectivity index (χ2n) is 5.97. The molecule has 0 amide bonds. The number of rotatable bonds is 8. The topological polar surface area (TPSA) is 39.2 Å². The number of nitrogens with zero attached hydrogens (tertiary/aromatic N) is 1. The van der Waals surface area contributed by atoms with Crippen LogP contribution in [0.25, 0.3) is 0 Å². The van der Waals surface area contributed by atoms with Gasteiger partial charge in [0.15, 0.2) is 5.78 Å². The maximum absolute atomic E-state index is 12.6. The molecule has 3 heteroatoms. The fourth-order valence-corrected chi connectivity index (χ4v) is 2.77. The molecule has 3 aromatic rings. The van der Waals surface area contributed by atoms with Crippen molar-refractivity contribution in [2.75, 3.05) is 6.61 Å². The number of ether oxygens (including phenoxy) is 1. The maximum atomic E-state index is 12.6. The molecule has 3 nitrogen and oxygen atoms in total. The van der Waals surface area contributed by atoms with E-state index in [1.165, 1.54) is 0 Å². The minimum atomic E-state index is 0.0134. The summed E-state index contributed by atoms with van der Waals surface area (Å²) in [7, 11) is 0. The van der Waals surface area contributed by atoms with E-state index >= 15 is 0 Å². The number of Topliss-reactive ketones (excluding diaryl/α,β-unsaturated/α-hetero) is 1. The molecule has 0 spiro atoms. The van der Waals surface area contributed by atoms with Gasteiger partial charge in [-0.15, -0.1) is 0 Å². The van der Waals surface area contributed by atoms with E-state index < -0.39 is 0 Å². The number of aromatic nitrogens is 1. The Labute approximate surface area is 148 Å². The minimum absolute atomic E-state index is 0.0134. The Bertz CT molecular complexity index is 773. The van der Waals surface area contributed by atoms with Crippen LogP contribution in [-0.4, -0.2) is 17.4 Å². The molecular weight excluding hydrogens is 310 g/mol. The minimum Gasteiger partial charge on any atom is -0.376 e. The molecule has 0 radical (unpaired) electrons. The summed E-state index contributed by atoms with van der Waals surface area (Å²) < 4.78 is 5.90. The van der Waals surface area contributed by atoms with Gasteiger partial charge in [-0.1, -0.05) is 60.7 Å². The number of benzene rings is 2. The molecule has 1 heterocycles. The van der Waals surface area contributed by atoms with Crippen LogP contribution in [0.15, 0.2) is 85.2 Å². The van der Waals surface area contributed by atoms with Gasteiger partial charge in [0.2, 0.25) is 0 Å². The third-order valence-corrected chi connectivity index (χ3v) is 4.14. The van der Waals surface area contributed by atoms with Crippen molar-refractivity contribution in [2.24, 2.45) is 0 Å². The van der Waals surface area contributed by atoms with Crippen molar-refractivity contribution in [3.8, 4) is 0 Å². The van der Waals surface area contributed by atoms with Crippen LogP contribution >= 0.6 is 0 Å². The second-order valence-corrected chi connectivity index (χ2v) is 5.97. The highest BCUT2D eigenvalue weighted by molar-refractivity contribution is 5.96. The lowest BCUT2D eigenvalue weighted by molar-refractivity contribution is 0.0867. The summed E-state index contributed by atoms with van der Waals surface area (Å²) in [4.78, 5) is 16.7. The Kier molecular flexibility index (Phi) is 6.07. The van der Waals surface area contributed by atoms with Crippen molar-refractivity contribution in [2.45, 2.75) is 18.9 Å². The van der Waals surface area contributed by atoms with E-state index in [2.05, 4.69) is 4.98 Å². The van der Waals surface area contributed by atoms with E-state index in [-0.39, 0.29) is 11.7 Å². The van der Waals surface area contributed by atoms with Crippen molar-refractivity contribution in [1.82, 2.24) is 4.98 Å². The monoisotopic (exact) mass is 331 g/mol. The lowest BCUT2D eigenvalue weighted by Gasteiger charge is -2.17. The van der Waals surface area contributed by atoms with Crippen molar-refractivity contribution < 1.29 is 9.53 Å². The van der Waals surface area contributed by atoms with Gasteiger partial charge in [0.25, 0.3) is 0 Å². The highest BCUT2D eigenvalue weighted by Crippen LogP contribution is 2.22. The highest BCUT2D eigenvalue weighted by Gasteiger charge is 2.17. The van der Waals surface area contributed by atoms with Crippen LogP contribution in [-0.2, 0) is 11.3 Å². The van der Waals surface area contributed by atoms with Crippen molar-refractivity contribution >= 4 is 5.78 Å². The predicted molar refractivity (Wildman–Crippen MR) is 98.5 cm³/mol. The van der Waals surface area contributed by atoms with Gasteiger partial charge in [0.1, 0.15) is 0 Å². The molecule has 126 valence electrons. The van der Waals surface area contributed by atoms with Gasteiger partial charge < -0.3 is 4.74 Å². The van der Waals surface area contributed by atoms with E-state index in [1.54, 1.807) is 12.4 Å². The molecule has 0 aliphatic heterocycles. The van der Waals surface area contributed by atoms with Crippen LogP contribution in [0.4, 0.5) is 0 Å². The number of hydrogen-bond donors (Lipinski definition) is 0. The average molecular weight is 331 g/mol. The molecule has 0 unspecified atom stereocenters. The number of pyridine rings is 1. The smallest absolute Gasteiger partial charge is 0.163 e. The van der Waals surface area contributed by atoms with Crippen molar-refractivity contribution in [1.29, 1.82) is 0 Å². The summed E-state index contributed by atoms with van der Waals surface area (Å²) in [6.07, 6.45) is 3.93. The summed E-state index contributed by atoms with van der Waals surface area (Å²) in [6.45, 7) is 1.04. The summed E-state index contributed by atoms with van der Waals surface area (Å²) in [5, 5.41) is 0. The molecule has 3 rings (SSSR count). The van der Waals surface area contributed by atoms with Gasteiger partial charge >= 0.3 is 0 Å². The average Bonchev–Trinajstić information content (AvgIpc) is 2.69. The molecule has 1 atom stereocenters. The van der Waals surface area contributed by atoms with Gasteiger partial charge in [-0.05, 0) is 23.3 Å². The molecule has 0 aliphatic carbocycles. The van der Waals surface area contributed by atoms with Crippen LogP contribution in [0.3, 0.4) is 0 Å². The van der Waals surface area contributed by atoms with E-state index in [1.807, 2.05) is 72.8 Å². The molecule has 0 saturated heterocycles. The number of hydrogen-bond acceptors (Lipinski definition) is 3.